The standard InChI is InChI=1S/C49H70N14O10/c1-4-5-16-34(57-29(3)65)43(68)59-37-20-21-40(66)54-25-22-38(46(71)62-39(42(50)67)26-31-27-56-33-17-10-9-15-32(31)33)60-44(69)35(19-12-24-55-49(51)52)61-48(73)41(30-13-7-6-8-14-30)63-47(72)36(58-45(37)70)18-11-23-53-28(2)64/h6-10,13-15,17,27,34-39,41,56H,4-5,11-12,16,18-26H2,1-3H3,(H2,50,67)(H,53,64)(H,54,66)(H,57,65)(H,58,70)(H,59,68)(H,60,69)(H,61,73)(H,62,71)(H,63,72)(H4,51,52,55)/t34-,35-,36-,37-,38-,39-,41?/m0/s1. The van der Waals surface area contributed by atoms with Crippen LogP contribution < -0.4 is 64.6 Å². The number of nitrogens with two attached hydrogens (primary N) is 2. The van der Waals surface area contributed by atoms with Crippen LogP contribution in [0, 0.1) is 5.41 Å². The lowest BCUT2D eigenvalue weighted by Crippen LogP contribution is -2.58. The smallest absolute Gasteiger partial charge is 0.247 e. The average Bonchev–Trinajstić information content (AvgIpc) is 3.76. The van der Waals surface area contributed by atoms with Crippen molar-refractivity contribution in [3.8, 4) is 0 Å². The molecule has 1 aliphatic rings. The van der Waals surface area contributed by atoms with Crippen LogP contribution in [0.5, 0.6) is 0 Å². The van der Waals surface area contributed by atoms with E-state index >= 15 is 0 Å². The Balaban J connectivity index is 1.76. The second-order valence-corrected chi connectivity index (χ2v) is 17.8. The van der Waals surface area contributed by atoms with Crippen molar-refractivity contribution in [2.24, 2.45) is 11.5 Å². The molecule has 0 bridgehead atoms. The van der Waals surface area contributed by atoms with E-state index in [1.165, 1.54) is 13.8 Å². The largest absolute Gasteiger partial charge is 0.370 e. The summed E-state index contributed by atoms with van der Waals surface area (Å²) in [7, 11) is 0. The summed E-state index contributed by atoms with van der Waals surface area (Å²) in [5, 5.41) is 34.9. The molecule has 0 radical (unpaired) electrons. The quantitative estimate of drug-likeness (QED) is 0.0355. The van der Waals surface area contributed by atoms with Crippen LogP contribution in [0.15, 0.2) is 60.8 Å². The molecule has 24 heteroatoms. The maximum Gasteiger partial charge on any atom is 0.247 e. The number of primary amides is 1. The molecule has 1 saturated heterocycles. The number of H-pyrrole nitrogens is 1. The highest BCUT2D eigenvalue weighted by Gasteiger charge is 2.35. The van der Waals surface area contributed by atoms with E-state index in [1.807, 2.05) is 31.2 Å². The molecular weight excluding hydrogens is 945 g/mol. The molecule has 73 heavy (non-hydrogen) atoms. The third-order valence-corrected chi connectivity index (χ3v) is 12.0. The highest BCUT2D eigenvalue weighted by Crippen LogP contribution is 2.20. The van der Waals surface area contributed by atoms with E-state index in [2.05, 4.69) is 58.2 Å². The lowest BCUT2D eigenvalue weighted by Gasteiger charge is -2.28. The second-order valence-electron chi connectivity index (χ2n) is 17.8. The van der Waals surface area contributed by atoms with Gasteiger partial charge in [0.25, 0.3) is 0 Å². The number of rotatable bonds is 20. The van der Waals surface area contributed by atoms with Crippen LogP contribution in [-0.4, -0.2) is 126 Å². The Morgan fingerprint density at radius 3 is 2.01 bits per heavy atom. The van der Waals surface area contributed by atoms with Gasteiger partial charge in [-0.2, -0.15) is 0 Å². The van der Waals surface area contributed by atoms with Crippen molar-refractivity contribution in [3.05, 3.63) is 71.9 Å². The zero-order valence-electron chi connectivity index (χ0n) is 41.5. The Labute approximate surface area is 423 Å². The molecule has 0 saturated carbocycles. The Morgan fingerprint density at radius 2 is 1.37 bits per heavy atom. The summed E-state index contributed by atoms with van der Waals surface area (Å²) < 4.78 is 0. The molecule has 2 heterocycles. The van der Waals surface area contributed by atoms with Crippen LogP contribution >= 0.6 is 0 Å². The van der Waals surface area contributed by atoms with Gasteiger partial charge in [-0.05, 0) is 62.1 Å². The third kappa shape index (κ3) is 19.2. The highest BCUT2D eigenvalue weighted by molar-refractivity contribution is 5.98. The van der Waals surface area contributed by atoms with Crippen molar-refractivity contribution in [2.75, 3.05) is 19.6 Å². The molecule has 0 spiro atoms. The van der Waals surface area contributed by atoms with Crippen LogP contribution in [0.25, 0.3) is 10.9 Å². The zero-order chi connectivity index (χ0) is 53.5. The SMILES string of the molecule is CCCC[C@H](NC(C)=O)C(=O)N[C@H]1CCC(=O)NCC[C@@H](C(=O)N[C@@H](Cc2c[nH]c3ccccc23)C(N)=O)NC(=O)[C@H](CCCNC(=N)N)NC(=O)C(c2ccccc2)NC(=O)[C@H](CCCNC(C)=O)NC1=O. The second kappa shape index (κ2) is 29.3. The summed E-state index contributed by atoms with van der Waals surface area (Å²) in [4.78, 5) is 139. The van der Waals surface area contributed by atoms with Crippen molar-refractivity contribution >= 4 is 75.9 Å². The van der Waals surface area contributed by atoms with Crippen LogP contribution in [0.1, 0.15) is 102 Å². The monoisotopic (exact) mass is 1010 g/mol. The number of hydrogen-bond acceptors (Lipinski definition) is 11. The summed E-state index contributed by atoms with van der Waals surface area (Å²) in [5.74, 6) is -7.72. The number of hydrogen-bond donors (Lipinski definition) is 14. The van der Waals surface area contributed by atoms with Crippen molar-refractivity contribution in [1.29, 1.82) is 5.41 Å². The molecule has 0 aliphatic carbocycles. The first kappa shape index (κ1) is 57.5. The molecular formula is C49H70N14O10. The van der Waals surface area contributed by atoms with Crippen LogP contribution in [0.3, 0.4) is 0 Å². The first-order valence-corrected chi connectivity index (χ1v) is 24.4. The van der Waals surface area contributed by atoms with Crippen LogP contribution in [0.4, 0.5) is 0 Å². The van der Waals surface area contributed by atoms with Crippen molar-refractivity contribution < 1.29 is 47.9 Å². The number of para-hydroxylation sites is 1. The molecule has 7 atom stereocenters. The lowest BCUT2D eigenvalue weighted by atomic mass is 10.0. The van der Waals surface area contributed by atoms with Gasteiger partial charge in [-0.25, -0.2) is 0 Å². The fraction of sp³-hybridized carbons (Fsp3) is 0.490. The summed E-state index contributed by atoms with van der Waals surface area (Å²) in [6.45, 7) is 4.41. The number of fused-ring (bicyclic) bond motifs is 1. The third-order valence-electron chi connectivity index (χ3n) is 12.0. The van der Waals surface area contributed by atoms with E-state index < -0.39 is 95.5 Å². The van der Waals surface area contributed by atoms with Gasteiger partial charge in [0.2, 0.25) is 59.1 Å². The van der Waals surface area contributed by atoms with Gasteiger partial charge in [0.05, 0.1) is 0 Å². The van der Waals surface area contributed by atoms with E-state index in [0.29, 0.717) is 18.4 Å². The van der Waals surface area contributed by atoms with Gasteiger partial charge in [-0.1, -0.05) is 68.3 Å². The summed E-state index contributed by atoms with van der Waals surface area (Å²) in [6, 6.07) is 5.84. The summed E-state index contributed by atoms with van der Waals surface area (Å²) in [5.41, 5.74) is 13.0. The van der Waals surface area contributed by atoms with Crippen molar-refractivity contribution in [3.63, 3.8) is 0 Å². The first-order valence-electron chi connectivity index (χ1n) is 24.4. The summed E-state index contributed by atoms with van der Waals surface area (Å²) in [6.07, 6.45) is 2.35. The molecule has 1 unspecified atom stereocenters. The number of carbonyl (C=O) groups is 10. The Bertz CT molecular complexity index is 2430. The Hall–Kier alpha value is -8.05. The van der Waals surface area contributed by atoms with E-state index in [0.717, 1.165) is 10.9 Å². The molecule has 10 amide bonds. The van der Waals surface area contributed by atoms with Gasteiger partial charge < -0.3 is 69.6 Å². The van der Waals surface area contributed by atoms with E-state index in [4.69, 9.17) is 16.9 Å². The number of aromatic amines is 1. The normalized spacial score (nSPS) is 20.1. The van der Waals surface area contributed by atoms with Gasteiger partial charge in [0.1, 0.15) is 42.3 Å². The summed E-state index contributed by atoms with van der Waals surface area (Å²) >= 11 is 0. The van der Waals surface area contributed by atoms with Crippen molar-refractivity contribution in [2.45, 2.75) is 134 Å². The van der Waals surface area contributed by atoms with Gasteiger partial charge in [0, 0.05) is 63.4 Å². The topological polar surface area (TPSA) is 383 Å². The van der Waals surface area contributed by atoms with Crippen LogP contribution in [-0.2, 0) is 54.4 Å². The fourth-order valence-electron chi connectivity index (χ4n) is 8.09. The number of nitrogens with one attached hydrogen (secondary N) is 12. The predicted octanol–water partition coefficient (Wildman–Crippen LogP) is -1.35. The lowest BCUT2D eigenvalue weighted by molar-refractivity contribution is -0.136. The Kier molecular flexibility index (Phi) is 23.1. The van der Waals surface area contributed by atoms with E-state index in [9.17, 15) is 47.9 Å². The number of benzene rings is 2. The fourth-order valence-corrected chi connectivity index (χ4v) is 8.09. The average molecular weight is 1020 g/mol. The minimum absolute atomic E-state index is 0.0253. The van der Waals surface area contributed by atoms with Gasteiger partial charge >= 0.3 is 0 Å². The van der Waals surface area contributed by atoms with Crippen molar-refractivity contribution in [1.82, 2.24) is 58.2 Å². The van der Waals surface area contributed by atoms with Crippen LogP contribution in [0.2, 0.25) is 0 Å². The number of guanidine groups is 1. The predicted molar refractivity (Wildman–Crippen MR) is 269 cm³/mol. The van der Waals surface area contributed by atoms with E-state index in [-0.39, 0.29) is 94.9 Å². The molecule has 2 aromatic carbocycles. The number of amides is 10. The number of unbranched alkanes of at least 4 members (excludes halogenated alkanes) is 1. The highest BCUT2D eigenvalue weighted by atomic mass is 16.2. The zero-order valence-corrected chi connectivity index (χ0v) is 41.5. The molecule has 4 rings (SSSR count). The molecule has 1 fully saturated rings. The molecule has 396 valence electrons. The molecule has 1 aliphatic heterocycles. The number of carbonyl (C=O) groups excluding carboxylic acids is 10. The molecule has 1 aromatic heterocycles. The maximum atomic E-state index is 14.5. The van der Waals surface area contributed by atoms with E-state index in [1.54, 1.807) is 36.5 Å². The minimum atomic E-state index is -1.49. The van der Waals surface area contributed by atoms with Gasteiger partial charge in [0.15, 0.2) is 5.96 Å². The molecule has 3 aromatic rings. The number of aromatic nitrogens is 1. The van der Waals surface area contributed by atoms with Gasteiger partial charge in [-0.3, -0.25) is 53.4 Å². The minimum Gasteiger partial charge on any atom is -0.370 e. The molecule has 24 nitrogen and oxygen atoms in total. The Morgan fingerprint density at radius 1 is 0.726 bits per heavy atom. The van der Waals surface area contributed by atoms with Gasteiger partial charge in [-0.15, -0.1) is 0 Å². The first-order chi connectivity index (χ1) is 34.9. The maximum absolute atomic E-state index is 14.5. The molecule has 16 N–H and O–H groups in total.